The molecule has 0 fully saturated rings. The molecule has 1 atom stereocenters. The van der Waals surface area contributed by atoms with Gasteiger partial charge in [0.2, 0.25) is 0 Å². The Morgan fingerprint density at radius 1 is 1.70 bits per heavy atom. The normalized spacial score (nSPS) is 12.3. The molecule has 0 bridgehead atoms. The van der Waals surface area contributed by atoms with Crippen LogP contribution < -0.4 is 5.32 Å². The zero-order valence-electron chi connectivity index (χ0n) is 6.51. The van der Waals surface area contributed by atoms with Gasteiger partial charge in [0.1, 0.15) is 6.23 Å². The lowest BCUT2D eigenvalue weighted by Gasteiger charge is -2.10. The first-order valence-corrected chi connectivity index (χ1v) is 3.16. The lowest BCUT2D eigenvalue weighted by molar-refractivity contribution is 0.0749. The summed E-state index contributed by atoms with van der Waals surface area (Å²) in [5, 5.41) is 2.45. The van der Waals surface area contributed by atoms with Gasteiger partial charge in [-0.3, -0.25) is 5.32 Å². The first kappa shape index (κ1) is 9.23. The summed E-state index contributed by atoms with van der Waals surface area (Å²) in [5.41, 5.74) is 0. The molecule has 4 heteroatoms. The van der Waals surface area contributed by atoms with Crippen LogP contribution in [0, 0.1) is 0 Å². The Morgan fingerprint density at radius 2 is 2.30 bits per heavy atom. The second kappa shape index (κ2) is 5.05. The Morgan fingerprint density at radius 3 is 2.70 bits per heavy atom. The Bertz CT molecular complexity index is 105. The predicted molar refractivity (Wildman–Crippen MR) is 36.6 cm³/mol. The molecule has 0 aliphatic rings. The third-order valence-electron chi connectivity index (χ3n) is 0.950. The van der Waals surface area contributed by atoms with Crippen molar-refractivity contribution in [2.75, 3.05) is 13.7 Å². The van der Waals surface area contributed by atoms with Crippen molar-refractivity contribution in [3.8, 4) is 0 Å². The van der Waals surface area contributed by atoms with Crippen LogP contribution in [0.4, 0.5) is 4.79 Å². The summed E-state index contributed by atoms with van der Waals surface area (Å²) in [7, 11) is 1.51. The molecule has 0 aromatic carbocycles. The Hall–Kier alpha value is -0.770. The maximum absolute atomic E-state index is 10.6. The molecule has 10 heavy (non-hydrogen) atoms. The van der Waals surface area contributed by atoms with Gasteiger partial charge in [-0.15, -0.1) is 0 Å². The van der Waals surface area contributed by atoms with Crippen molar-refractivity contribution in [3.05, 3.63) is 0 Å². The van der Waals surface area contributed by atoms with Gasteiger partial charge in [0.15, 0.2) is 0 Å². The molecule has 60 valence electrons. The lowest BCUT2D eigenvalue weighted by Crippen LogP contribution is -2.34. The lowest BCUT2D eigenvalue weighted by atomic mass is 10.6. The maximum atomic E-state index is 10.6. The van der Waals surface area contributed by atoms with Gasteiger partial charge in [-0.05, 0) is 13.8 Å². The van der Waals surface area contributed by atoms with Gasteiger partial charge in [0.05, 0.1) is 6.61 Å². The zero-order chi connectivity index (χ0) is 7.98. The number of hydrogen-bond acceptors (Lipinski definition) is 3. The molecule has 0 aromatic rings. The number of nitrogens with one attached hydrogen (secondary N) is 1. The quantitative estimate of drug-likeness (QED) is 0.598. The van der Waals surface area contributed by atoms with Crippen molar-refractivity contribution < 1.29 is 14.3 Å². The molecule has 0 aliphatic heterocycles. The minimum absolute atomic E-state index is 0.293. The van der Waals surface area contributed by atoms with E-state index in [2.05, 4.69) is 10.1 Å². The number of carbonyl (C=O) groups is 1. The van der Waals surface area contributed by atoms with Crippen LogP contribution in [0.15, 0.2) is 0 Å². The molecule has 0 heterocycles. The maximum Gasteiger partial charge on any atom is 0.409 e. The first-order chi connectivity index (χ1) is 4.70. The van der Waals surface area contributed by atoms with Crippen molar-refractivity contribution in [3.63, 3.8) is 0 Å². The third-order valence-corrected chi connectivity index (χ3v) is 0.950. The number of carbonyl (C=O) groups excluding carboxylic acids is 1. The largest absolute Gasteiger partial charge is 0.450 e. The van der Waals surface area contributed by atoms with E-state index in [0.29, 0.717) is 6.61 Å². The summed E-state index contributed by atoms with van der Waals surface area (Å²) in [4.78, 5) is 10.6. The molecular weight excluding hydrogens is 134 g/mol. The molecule has 4 nitrogen and oxygen atoms in total. The Balaban J connectivity index is 3.37. The Labute approximate surface area is 60.5 Å². The van der Waals surface area contributed by atoms with Crippen LogP contribution in [0.2, 0.25) is 0 Å². The summed E-state index contributed by atoms with van der Waals surface area (Å²) in [6.45, 7) is 3.84. The highest BCUT2D eigenvalue weighted by molar-refractivity contribution is 5.67. The van der Waals surface area contributed by atoms with Gasteiger partial charge < -0.3 is 9.47 Å². The van der Waals surface area contributed by atoms with Crippen LogP contribution in [0.3, 0.4) is 0 Å². The molecule has 0 aliphatic carbocycles. The fraction of sp³-hybridized carbons (Fsp3) is 0.833. The van der Waals surface area contributed by atoms with Crippen molar-refractivity contribution in [2.45, 2.75) is 20.1 Å². The summed E-state index contributed by atoms with van der Waals surface area (Å²) >= 11 is 0. The zero-order valence-corrected chi connectivity index (χ0v) is 6.51. The molecule has 0 saturated carbocycles. The predicted octanol–water partition coefficient (Wildman–Crippen LogP) is 0.725. The monoisotopic (exact) mass is 147 g/mol. The molecule has 0 saturated heterocycles. The van der Waals surface area contributed by atoms with Crippen molar-refractivity contribution in [1.29, 1.82) is 0 Å². The van der Waals surface area contributed by atoms with E-state index >= 15 is 0 Å². The summed E-state index contributed by atoms with van der Waals surface area (Å²) in [5.74, 6) is 0. The van der Waals surface area contributed by atoms with Gasteiger partial charge in [-0.25, -0.2) is 4.79 Å². The van der Waals surface area contributed by atoms with Crippen LogP contribution >= 0.6 is 0 Å². The highest BCUT2D eigenvalue weighted by Crippen LogP contribution is 1.83. The van der Waals surface area contributed by atoms with E-state index in [-0.39, 0.29) is 6.23 Å². The van der Waals surface area contributed by atoms with Gasteiger partial charge >= 0.3 is 6.09 Å². The minimum Gasteiger partial charge on any atom is -0.450 e. The highest BCUT2D eigenvalue weighted by Gasteiger charge is 2.03. The van der Waals surface area contributed by atoms with Gasteiger partial charge in [0.25, 0.3) is 0 Å². The van der Waals surface area contributed by atoms with Crippen LogP contribution in [0.1, 0.15) is 13.8 Å². The van der Waals surface area contributed by atoms with Crippen LogP contribution in [0.25, 0.3) is 0 Å². The van der Waals surface area contributed by atoms with E-state index in [1.165, 1.54) is 7.11 Å². The smallest absolute Gasteiger partial charge is 0.409 e. The van der Waals surface area contributed by atoms with E-state index in [4.69, 9.17) is 4.74 Å². The fourth-order valence-corrected chi connectivity index (χ4v) is 0.398. The molecule has 1 amide bonds. The molecule has 1 N–H and O–H groups in total. The fourth-order valence-electron chi connectivity index (χ4n) is 0.398. The van der Waals surface area contributed by atoms with E-state index < -0.39 is 6.09 Å². The van der Waals surface area contributed by atoms with E-state index in [0.717, 1.165) is 0 Å². The number of ether oxygens (including phenoxy) is 2. The van der Waals surface area contributed by atoms with Crippen molar-refractivity contribution >= 4 is 6.09 Å². The SMILES string of the molecule is CCOC(=O)NC(C)OC. The van der Waals surface area contributed by atoms with Gasteiger partial charge in [0, 0.05) is 7.11 Å². The molecule has 1 unspecified atom stereocenters. The summed E-state index contributed by atoms with van der Waals surface area (Å²) in [6.07, 6.45) is -0.740. The first-order valence-electron chi connectivity index (χ1n) is 3.16. The summed E-state index contributed by atoms with van der Waals surface area (Å²) < 4.78 is 9.34. The van der Waals surface area contributed by atoms with Crippen LogP contribution in [-0.2, 0) is 9.47 Å². The molecule has 0 spiro atoms. The van der Waals surface area contributed by atoms with Crippen LogP contribution in [0.5, 0.6) is 0 Å². The average Bonchev–Trinajstić information content (AvgIpc) is 1.88. The molecule has 0 rings (SSSR count). The van der Waals surface area contributed by atoms with Gasteiger partial charge in [-0.2, -0.15) is 0 Å². The number of amides is 1. The van der Waals surface area contributed by atoms with E-state index in [1.54, 1.807) is 13.8 Å². The third kappa shape index (κ3) is 4.14. The molecule has 0 radical (unpaired) electrons. The van der Waals surface area contributed by atoms with E-state index in [1.807, 2.05) is 0 Å². The van der Waals surface area contributed by atoms with Crippen LogP contribution in [-0.4, -0.2) is 26.0 Å². The Kier molecular flexibility index (Phi) is 4.66. The second-order valence-corrected chi connectivity index (χ2v) is 1.74. The minimum atomic E-state index is -0.447. The number of rotatable bonds is 3. The number of hydrogen-bond donors (Lipinski definition) is 1. The number of alkyl carbamates (subject to hydrolysis) is 1. The molecular formula is C6H13NO3. The summed E-state index contributed by atoms with van der Waals surface area (Å²) in [6, 6.07) is 0. The standard InChI is InChI=1S/C6H13NO3/c1-4-10-6(8)7-5(2)9-3/h5H,4H2,1-3H3,(H,7,8). The van der Waals surface area contributed by atoms with Gasteiger partial charge in [-0.1, -0.05) is 0 Å². The highest BCUT2D eigenvalue weighted by atomic mass is 16.6. The second-order valence-electron chi connectivity index (χ2n) is 1.74. The van der Waals surface area contributed by atoms with E-state index in [9.17, 15) is 4.79 Å². The molecule has 0 aromatic heterocycles. The topological polar surface area (TPSA) is 47.6 Å². The number of methoxy groups -OCH3 is 1. The van der Waals surface area contributed by atoms with Crippen molar-refractivity contribution in [1.82, 2.24) is 5.32 Å². The van der Waals surface area contributed by atoms with Crippen molar-refractivity contribution in [2.24, 2.45) is 0 Å². The average molecular weight is 147 g/mol.